The Labute approximate surface area is 116 Å². The highest BCUT2D eigenvalue weighted by Gasteiger charge is 2.13. The number of thioether (sulfide) groups is 1. The lowest BCUT2D eigenvalue weighted by Crippen LogP contribution is -2.12. The highest BCUT2D eigenvalue weighted by Crippen LogP contribution is 2.20. The van der Waals surface area contributed by atoms with Crippen LogP contribution in [0.5, 0.6) is 0 Å². The fourth-order valence-corrected chi connectivity index (χ4v) is 2.43. The van der Waals surface area contributed by atoms with Gasteiger partial charge in [0, 0.05) is 30.2 Å². The molecule has 0 spiro atoms. The van der Waals surface area contributed by atoms with Crippen molar-refractivity contribution in [3.63, 3.8) is 0 Å². The second-order valence-electron chi connectivity index (χ2n) is 4.26. The molecule has 0 saturated carbocycles. The van der Waals surface area contributed by atoms with Crippen LogP contribution in [0.25, 0.3) is 11.0 Å². The molecule has 2 aromatic rings. The summed E-state index contributed by atoms with van der Waals surface area (Å²) in [7, 11) is 0. The van der Waals surface area contributed by atoms with Crippen LogP contribution in [0.3, 0.4) is 0 Å². The number of rotatable bonds is 5. The lowest BCUT2D eigenvalue weighted by atomic mass is 10.3. The third kappa shape index (κ3) is 2.81. The van der Waals surface area contributed by atoms with Gasteiger partial charge in [0.2, 0.25) is 0 Å². The molecule has 18 heavy (non-hydrogen) atoms. The maximum Gasteiger partial charge on any atom is 0.125 e. The largest absolute Gasteiger partial charge is 0.327 e. The highest BCUT2D eigenvalue weighted by atomic mass is 35.5. The number of hydrogen-bond donors (Lipinski definition) is 0. The Morgan fingerprint density at radius 2 is 2.28 bits per heavy atom. The third-order valence-electron chi connectivity index (χ3n) is 2.95. The van der Waals surface area contributed by atoms with Crippen molar-refractivity contribution in [1.82, 2.24) is 9.55 Å². The summed E-state index contributed by atoms with van der Waals surface area (Å²) < 4.78 is 15.4. The number of nitrogens with zero attached hydrogens (tertiary/aromatic N) is 2. The zero-order valence-electron chi connectivity index (χ0n) is 10.5. The fourth-order valence-electron chi connectivity index (χ4n) is 1.96. The molecule has 1 unspecified atom stereocenters. The first-order valence-corrected chi connectivity index (χ1v) is 7.71. The Morgan fingerprint density at radius 1 is 1.50 bits per heavy atom. The maximum absolute atomic E-state index is 13.2. The van der Waals surface area contributed by atoms with Gasteiger partial charge in [-0.05, 0) is 18.4 Å². The summed E-state index contributed by atoms with van der Waals surface area (Å²) in [6.07, 6.45) is 2.80. The number of hydrogen-bond acceptors (Lipinski definition) is 2. The summed E-state index contributed by atoms with van der Waals surface area (Å²) in [4.78, 5) is 4.48. The Hall–Kier alpha value is -0.740. The maximum atomic E-state index is 13.2. The van der Waals surface area contributed by atoms with Crippen molar-refractivity contribution >= 4 is 34.4 Å². The summed E-state index contributed by atoms with van der Waals surface area (Å²) in [5.41, 5.74) is 1.70. The van der Waals surface area contributed by atoms with E-state index in [4.69, 9.17) is 11.6 Å². The van der Waals surface area contributed by atoms with Gasteiger partial charge >= 0.3 is 0 Å². The van der Waals surface area contributed by atoms with E-state index in [-0.39, 0.29) is 5.82 Å². The van der Waals surface area contributed by atoms with Crippen LogP contribution >= 0.6 is 23.4 Å². The summed E-state index contributed by atoms with van der Waals surface area (Å²) in [5.74, 6) is 1.22. The van der Waals surface area contributed by atoms with Gasteiger partial charge in [0.05, 0.1) is 11.0 Å². The molecular weight excluding hydrogens is 271 g/mol. The molecule has 1 aromatic heterocycles. The molecule has 0 amide bonds. The molecule has 0 fully saturated rings. The van der Waals surface area contributed by atoms with E-state index in [0.717, 1.165) is 17.9 Å². The van der Waals surface area contributed by atoms with Crippen LogP contribution in [0.4, 0.5) is 4.39 Å². The summed E-state index contributed by atoms with van der Waals surface area (Å²) >= 11 is 7.61. The number of imidazole rings is 1. The number of aryl methyl sites for hydroxylation is 1. The van der Waals surface area contributed by atoms with Crippen molar-refractivity contribution in [2.24, 2.45) is 0 Å². The van der Waals surface area contributed by atoms with Gasteiger partial charge in [-0.15, -0.1) is 11.6 Å². The third-order valence-corrected chi connectivity index (χ3v) is 4.09. The molecule has 0 radical (unpaired) electrons. The van der Waals surface area contributed by atoms with Gasteiger partial charge in [0.15, 0.2) is 0 Å². The molecule has 1 atom stereocenters. The highest BCUT2D eigenvalue weighted by molar-refractivity contribution is 7.99. The first kappa shape index (κ1) is 13.7. The van der Waals surface area contributed by atoms with Gasteiger partial charge in [0.1, 0.15) is 11.6 Å². The van der Waals surface area contributed by atoms with Crippen molar-refractivity contribution < 1.29 is 4.39 Å². The van der Waals surface area contributed by atoms with E-state index >= 15 is 0 Å². The van der Waals surface area contributed by atoms with Gasteiger partial charge in [-0.3, -0.25) is 0 Å². The molecule has 2 nitrogen and oxygen atoms in total. The Bertz CT molecular complexity index is 541. The molecule has 1 heterocycles. The molecule has 2 rings (SSSR count). The number of aromatic nitrogens is 2. The molecule has 0 aliphatic heterocycles. The predicted octanol–water partition coefficient (Wildman–Crippen LogP) is 3.71. The van der Waals surface area contributed by atoms with E-state index in [9.17, 15) is 4.39 Å². The minimum Gasteiger partial charge on any atom is -0.327 e. The van der Waals surface area contributed by atoms with Gasteiger partial charge < -0.3 is 4.57 Å². The minimum absolute atomic E-state index is 0.248. The average Bonchev–Trinajstić information content (AvgIpc) is 2.67. The average molecular weight is 287 g/mol. The number of fused-ring (bicyclic) bond motifs is 1. The molecule has 5 heteroatoms. The van der Waals surface area contributed by atoms with Crippen LogP contribution in [0, 0.1) is 5.82 Å². The minimum atomic E-state index is -0.248. The SMILES string of the molecule is CSC(C)Cn1c(CCCl)nc2cc(F)ccc21. The monoisotopic (exact) mass is 286 g/mol. The molecular formula is C13H16ClFN2S. The van der Waals surface area contributed by atoms with Gasteiger partial charge in [-0.25, -0.2) is 9.37 Å². The number of halogens is 2. The molecule has 1 aromatic carbocycles. The van der Waals surface area contributed by atoms with Crippen molar-refractivity contribution in [3.05, 3.63) is 29.8 Å². The molecule has 0 bridgehead atoms. The van der Waals surface area contributed by atoms with E-state index in [1.54, 1.807) is 17.8 Å². The number of benzene rings is 1. The molecule has 0 aliphatic carbocycles. The van der Waals surface area contributed by atoms with Gasteiger partial charge in [-0.2, -0.15) is 11.8 Å². The van der Waals surface area contributed by atoms with Gasteiger partial charge in [0.25, 0.3) is 0 Å². The van der Waals surface area contributed by atoms with Crippen LogP contribution in [-0.4, -0.2) is 26.9 Å². The molecule has 0 aliphatic rings. The Kier molecular flexibility index (Phi) is 4.51. The van der Waals surface area contributed by atoms with E-state index < -0.39 is 0 Å². The predicted molar refractivity (Wildman–Crippen MR) is 77.1 cm³/mol. The van der Waals surface area contributed by atoms with Crippen molar-refractivity contribution in [1.29, 1.82) is 0 Å². The lowest BCUT2D eigenvalue weighted by molar-refractivity contribution is 0.629. The van der Waals surface area contributed by atoms with E-state index in [1.807, 2.05) is 0 Å². The standard InChI is InChI=1S/C13H16ClFN2S/c1-9(18-2)8-17-12-4-3-10(15)7-11(12)16-13(17)5-6-14/h3-4,7,9H,5-6,8H2,1-2H3. The van der Waals surface area contributed by atoms with Crippen LogP contribution in [0.15, 0.2) is 18.2 Å². The van der Waals surface area contributed by atoms with Crippen molar-refractivity contribution in [2.45, 2.75) is 25.1 Å². The van der Waals surface area contributed by atoms with Crippen LogP contribution < -0.4 is 0 Å². The first-order chi connectivity index (χ1) is 8.65. The topological polar surface area (TPSA) is 17.8 Å². The van der Waals surface area contributed by atoms with Crippen molar-refractivity contribution in [3.8, 4) is 0 Å². The van der Waals surface area contributed by atoms with E-state index in [2.05, 4.69) is 22.7 Å². The van der Waals surface area contributed by atoms with E-state index in [1.165, 1.54) is 12.1 Å². The zero-order chi connectivity index (χ0) is 13.1. The first-order valence-electron chi connectivity index (χ1n) is 5.89. The van der Waals surface area contributed by atoms with Crippen LogP contribution in [0.1, 0.15) is 12.7 Å². The Balaban J connectivity index is 2.48. The summed E-state index contributed by atoms with van der Waals surface area (Å²) in [6, 6.07) is 4.75. The van der Waals surface area contributed by atoms with Gasteiger partial charge in [-0.1, -0.05) is 6.92 Å². The molecule has 0 saturated heterocycles. The lowest BCUT2D eigenvalue weighted by Gasteiger charge is -2.13. The van der Waals surface area contributed by atoms with Crippen LogP contribution in [0.2, 0.25) is 0 Å². The molecule has 98 valence electrons. The molecule has 0 N–H and O–H groups in total. The van der Waals surface area contributed by atoms with Crippen LogP contribution in [-0.2, 0) is 13.0 Å². The number of alkyl halides is 1. The quantitative estimate of drug-likeness (QED) is 0.780. The second kappa shape index (κ2) is 5.93. The summed E-state index contributed by atoms with van der Waals surface area (Å²) in [5, 5.41) is 0.488. The summed E-state index contributed by atoms with van der Waals surface area (Å²) in [6.45, 7) is 3.04. The smallest absolute Gasteiger partial charge is 0.125 e. The zero-order valence-corrected chi connectivity index (χ0v) is 12.1. The Morgan fingerprint density at radius 3 is 2.94 bits per heavy atom. The normalized spacial score (nSPS) is 13.1. The van der Waals surface area contributed by atoms with E-state index in [0.29, 0.717) is 23.1 Å². The fraction of sp³-hybridized carbons (Fsp3) is 0.462. The second-order valence-corrected chi connectivity index (χ2v) is 5.91. The van der Waals surface area contributed by atoms with Crippen molar-refractivity contribution in [2.75, 3.05) is 12.1 Å².